The Labute approximate surface area is 92.2 Å². The molecule has 16 heavy (non-hydrogen) atoms. The lowest BCUT2D eigenvalue weighted by atomic mass is 10.1. The molecule has 3 aromatic heterocycles. The fraction of sp³-hybridized carbons (Fsp3) is 0. The lowest BCUT2D eigenvalue weighted by Crippen LogP contribution is -1.92. The Morgan fingerprint density at radius 2 is 1.81 bits per heavy atom. The smallest absolute Gasteiger partial charge is 0.137 e. The Kier molecular flexibility index (Phi) is 1.86. The van der Waals surface area contributed by atoms with Crippen molar-refractivity contribution in [3.63, 3.8) is 0 Å². The highest BCUT2D eigenvalue weighted by atomic mass is 14.8. The van der Waals surface area contributed by atoms with Crippen LogP contribution >= 0.6 is 0 Å². The van der Waals surface area contributed by atoms with Gasteiger partial charge < -0.3 is 10.7 Å². The number of fused-ring (bicyclic) bond motifs is 1. The maximum Gasteiger partial charge on any atom is 0.137 e. The molecule has 3 rings (SSSR count). The van der Waals surface area contributed by atoms with Gasteiger partial charge in [0.15, 0.2) is 0 Å². The fourth-order valence-corrected chi connectivity index (χ4v) is 1.82. The number of nitrogen functional groups attached to an aromatic ring is 1. The van der Waals surface area contributed by atoms with E-state index in [0.717, 1.165) is 22.2 Å². The number of nitrogens with zero attached hydrogens (tertiary/aromatic N) is 2. The molecule has 78 valence electrons. The Balaban J connectivity index is 2.31. The summed E-state index contributed by atoms with van der Waals surface area (Å²) in [6.07, 6.45) is 5.35. The average Bonchev–Trinajstić information content (AvgIpc) is 2.74. The third-order valence-electron chi connectivity index (χ3n) is 2.58. The first-order valence-electron chi connectivity index (χ1n) is 4.99. The molecule has 0 aromatic carbocycles. The number of H-pyrrole nitrogens is 1. The van der Waals surface area contributed by atoms with Crippen molar-refractivity contribution >= 4 is 16.9 Å². The van der Waals surface area contributed by atoms with Gasteiger partial charge in [0, 0.05) is 35.1 Å². The Bertz CT molecular complexity index is 642. The first-order valence-corrected chi connectivity index (χ1v) is 4.99. The third kappa shape index (κ3) is 1.24. The van der Waals surface area contributed by atoms with Crippen molar-refractivity contribution < 1.29 is 0 Å². The van der Waals surface area contributed by atoms with Crippen molar-refractivity contribution in [2.75, 3.05) is 5.73 Å². The SMILES string of the molecule is Nc1ncccc1-c1c[nH]c2ncccc12. The molecule has 3 N–H and O–H groups in total. The van der Waals surface area contributed by atoms with Gasteiger partial charge >= 0.3 is 0 Å². The van der Waals surface area contributed by atoms with Crippen molar-refractivity contribution in [2.24, 2.45) is 0 Å². The summed E-state index contributed by atoms with van der Waals surface area (Å²) < 4.78 is 0. The quantitative estimate of drug-likeness (QED) is 0.647. The van der Waals surface area contributed by atoms with E-state index in [1.54, 1.807) is 12.4 Å². The van der Waals surface area contributed by atoms with Crippen LogP contribution in [0.1, 0.15) is 0 Å². The molecule has 0 aliphatic rings. The van der Waals surface area contributed by atoms with Crippen LogP contribution in [0.15, 0.2) is 42.9 Å². The third-order valence-corrected chi connectivity index (χ3v) is 2.58. The number of aromatic amines is 1. The number of pyridine rings is 2. The molecule has 0 amide bonds. The number of hydrogen-bond donors (Lipinski definition) is 2. The number of rotatable bonds is 1. The van der Waals surface area contributed by atoms with Crippen LogP contribution in [0.5, 0.6) is 0 Å². The fourth-order valence-electron chi connectivity index (χ4n) is 1.82. The summed E-state index contributed by atoms with van der Waals surface area (Å²) in [5.74, 6) is 0.534. The topological polar surface area (TPSA) is 67.6 Å². The van der Waals surface area contributed by atoms with Crippen LogP contribution in [0.4, 0.5) is 5.82 Å². The minimum atomic E-state index is 0.534. The monoisotopic (exact) mass is 210 g/mol. The van der Waals surface area contributed by atoms with Crippen molar-refractivity contribution in [3.8, 4) is 11.1 Å². The first kappa shape index (κ1) is 8.91. The van der Waals surface area contributed by atoms with Gasteiger partial charge in [-0.3, -0.25) is 0 Å². The summed E-state index contributed by atoms with van der Waals surface area (Å²) in [4.78, 5) is 11.4. The minimum Gasteiger partial charge on any atom is -0.383 e. The molecule has 0 bridgehead atoms. The van der Waals surface area contributed by atoms with Gasteiger partial charge in [-0.25, -0.2) is 9.97 Å². The van der Waals surface area contributed by atoms with Crippen molar-refractivity contribution in [1.29, 1.82) is 0 Å². The molecular formula is C12H10N4. The summed E-state index contributed by atoms with van der Waals surface area (Å²) in [5.41, 5.74) is 8.69. The van der Waals surface area contributed by atoms with Gasteiger partial charge in [-0.05, 0) is 24.3 Å². The average molecular weight is 210 g/mol. The maximum atomic E-state index is 5.86. The normalized spacial score (nSPS) is 10.8. The van der Waals surface area contributed by atoms with Gasteiger partial charge in [0.25, 0.3) is 0 Å². The zero-order valence-electron chi connectivity index (χ0n) is 8.51. The second kappa shape index (κ2) is 3.34. The standard InChI is InChI=1S/C12H10N4/c13-11-8(3-1-5-14-11)10-7-16-12-9(10)4-2-6-15-12/h1-7H,(H2,13,14)(H,15,16). The molecule has 3 aromatic rings. The molecule has 0 atom stereocenters. The van der Waals surface area contributed by atoms with Crippen LogP contribution in [0.25, 0.3) is 22.2 Å². The lowest BCUT2D eigenvalue weighted by molar-refractivity contribution is 1.32. The predicted molar refractivity (Wildman–Crippen MR) is 63.7 cm³/mol. The number of hydrogen-bond acceptors (Lipinski definition) is 3. The summed E-state index contributed by atoms with van der Waals surface area (Å²) >= 11 is 0. The van der Waals surface area contributed by atoms with Gasteiger partial charge in [-0.15, -0.1) is 0 Å². The van der Waals surface area contributed by atoms with Crippen LogP contribution in [-0.2, 0) is 0 Å². The number of aromatic nitrogens is 3. The summed E-state index contributed by atoms with van der Waals surface area (Å²) in [5, 5.41) is 1.06. The molecular weight excluding hydrogens is 200 g/mol. The van der Waals surface area contributed by atoms with Gasteiger partial charge in [-0.1, -0.05) is 0 Å². The molecule has 0 unspecified atom stereocenters. The summed E-state index contributed by atoms with van der Waals surface area (Å²) in [6.45, 7) is 0. The van der Waals surface area contributed by atoms with E-state index >= 15 is 0 Å². The zero-order chi connectivity index (χ0) is 11.0. The van der Waals surface area contributed by atoms with Crippen molar-refractivity contribution in [2.45, 2.75) is 0 Å². The Morgan fingerprint density at radius 1 is 1.00 bits per heavy atom. The van der Waals surface area contributed by atoms with Gasteiger partial charge in [0.1, 0.15) is 11.5 Å². The molecule has 0 aliphatic heterocycles. The largest absolute Gasteiger partial charge is 0.383 e. The van der Waals surface area contributed by atoms with Gasteiger partial charge in [0.2, 0.25) is 0 Å². The van der Waals surface area contributed by atoms with Crippen LogP contribution in [0, 0.1) is 0 Å². The van der Waals surface area contributed by atoms with E-state index < -0.39 is 0 Å². The highest BCUT2D eigenvalue weighted by Crippen LogP contribution is 2.29. The maximum absolute atomic E-state index is 5.86. The lowest BCUT2D eigenvalue weighted by Gasteiger charge is -2.01. The highest BCUT2D eigenvalue weighted by molar-refractivity contribution is 5.95. The van der Waals surface area contributed by atoms with Crippen LogP contribution < -0.4 is 5.73 Å². The molecule has 4 heteroatoms. The van der Waals surface area contributed by atoms with E-state index in [1.807, 2.05) is 30.5 Å². The molecule has 0 aliphatic carbocycles. The van der Waals surface area contributed by atoms with E-state index in [0.29, 0.717) is 5.82 Å². The predicted octanol–water partition coefficient (Wildman–Crippen LogP) is 2.21. The number of nitrogens with two attached hydrogens (primary N) is 1. The number of nitrogens with one attached hydrogen (secondary N) is 1. The molecule has 3 heterocycles. The van der Waals surface area contributed by atoms with Crippen LogP contribution in [0.2, 0.25) is 0 Å². The van der Waals surface area contributed by atoms with E-state index in [9.17, 15) is 0 Å². The zero-order valence-corrected chi connectivity index (χ0v) is 8.51. The van der Waals surface area contributed by atoms with Gasteiger partial charge in [-0.2, -0.15) is 0 Å². The first-order chi connectivity index (χ1) is 7.86. The van der Waals surface area contributed by atoms with E-state index in [1.165, 1.54) is 0 Å². The molecule has 0 fully saturated rings. The minimum absolute atomic E-state index is 0.534. The molecule has 0 radical (unpaired) electrons. The van der Waals surface area contributed by atoms with E-state index in [2.05, 4.69) is 15.0 Å². The molecule has 4 nitrogen and oxygen atoms in total. The van der Waals surface area contributed by atoms with Crippen LogP contribution in [0.3, 0.4) is 0 Å². The second-order valence-corrected chi connectivity index (χ2v) is 3.54. The number of anilines is 1. The Hall–Kier alpha value is -2.36. The van der Waals surface area contributed by atoms with Crippen molar-refractivity contribution in [3.05, 3.63) is 42.9 Å². The van der Waals surface area contributed by atoms with E-state index in [-0.39, 0.29) is 0 Å². The van der Waals surface area contributed by atoms with Gasteiger partial charge in [0.05, 0.1) is 0 Å². The van der Waals surface area contributed by atoms with Crippen LogP contribution in [-0.4, -0.2) is 15.0 Å². The molecule has 0 spiro atoms. The summed E-state index contributed by atoms with van der Waals surface area (Å²) in [6, 6.07) is 7.76. The van der Waals surface area contributed by atoms with E-state index in [4.69, 9.17) is 5.73 Å². The highest BCUT2D eigenvalue weighted by Gasteiger charge is 2.08. The summed E-state index contributed by atoms with van der Waals surface area (Å²) in [7, 11) is 0. The molecule has 0 saturated heterocycles. The molecule has 0 saturated carbocycles. The Morgan fingerprint density at radius 3 is 2.69 bits per heavy atom. The second-order valence-electron chi connectivity index (χ2n) is 3.54. The van der Waals surface area contributed by atoms with Crippen molar-refractivity contribution in [1.82, 2.24) is 15.0 Å².